The maximum Gasteiger partial charge on any atom is 0.241 e. The molecule has 0 bridgehead atoms. The molecule has 7 heteroatoms. The average molecular weight is 375 g/mol. The van der Waals surface area contributed by atoms with Crippen molar-refractivity contribution >= 4 is 17.4 Å². The summed E-state index contributed by atoms with van der Waals surface area (Å²) >= 11 is 0. The van der Waals surface area contributed by atoms with Crippen molar-refractivity contribution in [3.63, 3.8) is 0 Å². The summed E-state index contributed by atoms with van der Waals surface area (Å²) in [6.45, 7) is 1.76. The Kier molecular flexibility index (Phi) is 5.02. The van der Waals surface area contributed by atoms with Crippen LogP contribution in [0.4, 0.5) is 5.69 Å². The first-order chi connectivity index (χ1) is 13.6. The number of aromatic nitrogens is 2. The molecule has 7 nitrogen and oxygen atoms in total. The number of carbonyl (C=O) groups excluding carboxylic acids is 2. The monoisotopic (exact) mass is 375 g/mol. The molecule has 2 fully saturated rings. The first kappa shape index (κ1) is 18.1. The van der Waals surface area contributed by atoms with Gasteiger partial charge in [-0.25, -0.2) is 0 Å². The SMILES string of the molecule is N#Cc1ccc(-c2cnc(CC(=O)C3CC3)cn2)cc1NCC(=O)N1CCC1. The minimum absolute atomic E-state index is 0.0324. The van der Waals surface area contributed by atoms with Gasteiger partial charge >= 0.3 is 0 Å². The van der Waals surface area contributed by atoms with Gasteiger partial charge < -0.3 is 10.2 Å². The summed E-state index contributed by atoms with van der Waals surface area (Å²) in [7, 11) is 0. The van der Waals surface area contributed by atoms with Crippen molar-refractivity contribution in [3.8, 4) is 17.3 Å². The molecule has 1 saturated heterocycles. The Hall–Kier alpha value is -3.27. The number of nitriles is 1. The minimum atomic E-state index is 0.0324. The van der Waals surface area contributed by atoms with E-state index in [0.717, 1.165) is 37.9 Å². The van der Waals surface area contributed by atoms with E-state index in [1.165, 1.54) is 0 Å². The fraction of sp³-hybridized carbons (Fsp3) is 0.381. The smallest absolute Gasteiger partial charge is 0.241 e. The van der Waals surface area contributed by atoms with Crippen LogP contribution in [0.5, 0.6) is 0 Å². The molecule has 1 N–H and O–H groups in total. The number of carbonyl (C=O) groups is 2. The Balaban J connectivity index is 1.46. The zero-order valence-electron chi connectivity index (χ0n) is 15.5. The van der Waals surface area contributed by atoms with Crippen LogP contribution in [-0.4, -0.2) is 46.2 Å². The summed E-state index contributed by atoms with van der Waals surface area (Å²) < 4.78 is 0. The number of ketones is 1. The minimum Gasteiger partial charge on any atom is -0.375 e. The van der Waals surface area contributed by atoms with Crippen molar-refractivity contribution in [2.45, 2.75) is 25.7 Å². The third-order valence-electron chi connectivity index (χ3n) is 5.17. The molecule has 28 heavy (non-hydrogen) atoms. The second-order valence-corrected chi connectivity index (χ2v) is 7.27. The van der Waals surface area contributed by atoms with Crippen molar-refractivity contribution in [1.29, 1.82) is 5.26 Å². The predicted molar refractivity (Wildman–Crippen MR) is 103 cm³/mol. The highest BCUT2D eigenvalue weighted by atomic mass is 16.2. The summed E-state index contributed by atoms with van der Waals surface area (Å²) in [5.74, 6) is 0.483. The van der Waals surface area contributed by atoms with Crippen LogP contribution in [0, 0.1) is 17.2 Å². The van der Waals surface area contributed by atoms with Crippen LogP contribution in [0.25, 0.3) is 11.3 Å². The van der Waals surface area contributed by atoms with E-state index in [2.05, 4.69) is 21.4 Å². The lowest BCUT2D eigenvalue weighted by atomic mass is 10.1. The lowest BCUT2D eigenvalue weighted by molar-refractivity contribution is -0.132. The van der Waals surface area contributed by atoms with E-state index in [1.807, 2.05) is 0 Å². The standard InChI is InChI=1S/C21H21N5O2/c22-10-16-5-4-15(8-18(16)25-13-21(28)26-6-1-7-26)19-12-23-17(11-24-19)9-20(27)14-2-3-14/h4-5,8,11-12,14,25H,1-3,6-7,9,13H2. The van der Waals surface area contributed by atoms with Crippen LogP contribution in [0.15, 0.2) is 30.6 Å². The lowest BCUT2D eigenvalue weighted by Crippen LogP contribution is -2.44. The maximum absolute atomic E-state index is 12.1. The molecule has 1 aromatic carbocycles. The molecule has 4 rings (SSSR count). The van der Waals surface area contributed by atoms with Gasteiger partial charge in [0.25, 0.3) is 0 Å². The molecule has 1 aromatic heterocycles. The van der Waals surface area contributed by atoms with E-state index in [1.54, 1.807) is 35.5 Å². The Labute approximate surface area is 163 Å². The van der Waals surface area contributed by atoms with Crippen molar-refractivity contribution < 1.29 is 9.59 Å². The van der Waals surface area contributed by atoms with Crippen LogP contribution in [0.2, 0.25) is 0 Å². The number of Topliss-reactive ketones (excluding diaryl/α,β-unsaturated/α-hetero) is 1. The largest absolute Gasteiger partial charge is 0.375 e. The Morgan fingerprint density at radius 1 is 1.21 bits per heavy atom. The number of likely N-dealkylation sites (tertiary alicyclic amines) is 1. The topological polar surface area (TPSA) is 99.0 Å². The Morgan fingerprint density at radius 2 is 2.04 bits per heavy atom. The van der Waals surface area contributed by atoms with Gasteiger partial charge in [-0.3, -0.25) is 19.6 Å². The highest BCUT2D eigenvalue weighted by Crippen LogP contribution is 2.31. The fourth-order valence-corrected chi connectivity index (χ4v) is 3.12. The van der Waals surface area contributed by atoms with E-state index in [4.69, 9.17) is 0 Å². The second-order valence-electron chi connectivity index (χ2n) is 7.27. The lowest BCUT2D eigenvalue weighted by Gasteiger charge is -2.31. The summed E-state index contributed by atoms with van der Waals surface area (Å²) in [5, 5.41) is 12.4. The molecule has 142 valence electrons. The third kappa shape index (κ3) is 4.01. The summed E-state index contributed by atoms with van der Waals surface area (Å²) in [6, 6.07) is 7.46. The predicted octanol–water partition coefficient (Wildman–Crippen LogP) is 2.18. The van der Waals surface area contributed by atoms with Crippen LogP contribution in [0.1, 0.15) is 30.5 Å². The molecule has 2 aliphatic rings. The number of nitrogens with one attached hydrogen (secondary N) is 1. The number of hydrogen-bond donors (Lipinski definition) is 1. The van der Waals surface area contributed by atoms with Crippen LogP contribution < -0.4 is 5.32 Å². The molecule has 1 aliphatic heterocycles. The van der Waals surface area contributed by atoms with E-state index in [0.29, 0.717) is 29.1 Å². The number of hydrogen-bond acceptors (Lipinski definition) is 6. The number of amides is 1. The first-order valence-corrected chi connectivity index (χ1v) is 9.54. The highest BCUT2D eigenvalue weighted by molar-refractivity contribution is 5.85. The van der Waals surface area contributed by atoms with E-state index in [9.17, 15) is 14.9 Å². The van der Waals surface area contributed by atoms with Gasteiger partial charge in [0.15, 0.2) is 0 Å². The summed E-state index contributed by atoms with van der Waals surface area (Å²) in [6.07, 6.45) is 6.64. The Morgan fingerprint density at radius 3 is 2.64 bits per heavy atom. The van der Waals surface area contributed by atoms with Crippen molar-refractivity contribution in [2.24, 2.45) is 5.92 Å². The van der Waals surface area contributed by atoms with Gasteiger partial charge in [0.05, 0.1) is 41.8 Å². The van der Waals surface area contributed by atoms with Crippen LogP contribution in [0.3, 0.4) is 0 Å². The van der Waals surface area contributed by atoms with Gasteiger partial charge in [-0.1, -0.05) is 6.07 Å². The summed E-state index contributed by atoms with van der Waals surface area (Å²) in [5.41, 5.74) is 3.20. The van der Waals surface area contributed by atoms with Crippen molar-refractivity contribution in [2.75, 3.05) is 25.0 Å². The van der Waals surface area contributed by atoms with E-state index >= 15 is 0 Å². The number of rotatable bonds is 7. The van der Waals surface area contributed by atoms with Gasteiger partial charge in [-0.05, 0) is 31.4 Å². The molecule has 0 spiro atoms. The maximum atomic E-state index is 12.1. The fourth-order valence-electron chi connectivity index (χ4n) is 3.12. The molecule has 2 aromatic rings. The van der Waals surface area contributed by atoms with Gasteiger partial charge in [-0.2, -0.15) is 5.26 Å². The molecule has 0 radical (unpaired) electrons. The quantitative estimate of drug-likeness (QED) is 0.796. The molecule has 1 aliphatic carbocycles. The van der Waals surface area contributed by atoms with Crippen molar-refractivity contribution in [3.05, 3.63) is 41.9 Å². The van der Waals surface area contributed by atoms with Gasteiger partial charge in [-0.15, -0.1) is 0 Å². The molecule has 1 saturated carbocycles. The van der Waals surface area contributed by atoms with Gasteiger partial charge in [0.2, 0.25) is 5.91 Å². The molecule has 2 heterocycles. The second kappa shape index (κ2) is 7.77. The van der Waals surface area contributed by atoms with E-state index in [-0.39, 0.29) is 24.2 Å². The van der Waals surface area contributed by atoms with Crippen LogP contribution in [-0.2, 0) is 16.0 Å². The normalized spacial score (nSPS) is 15.5. The molecule has 1 amide bonds. The first-order valence-electron chi connectivity index (χ1n) is 9.54. The summed E-state index contributed by atoms with van der Waals surface area (Å²) in [4.78, 5) is 34.5. The van der Waals surface area contributed by atoms with Crippen molar-refractivity contribution in [1.82, 2.24) is 14.9 Å². The number of benzene rings is 1. The highest BCUT2D eigenvalue weighted by Gasteiger charge is 2.29. The van der Waals surface area contributed by atoms with Gasteiger partial charge in [0.1, 0.15) is 11.9 Å². The Bertz CT molecular complexity index is 940. The third-order valence-corrected chi connectivity index (χ3v) is 5.17. The average Bonchev–Trinajstić information content (AvgIpc) is 3.51. The van der Waals surface area contributed by atoms with E-state index < -0.39 is 0 Å². The zero-order chi connectivity index (χ0) is 19.5. The number of nitrogens with zero attached hydrogens (tertiary/aromatic N) is 4. The van der Waals surface area contributed by atoms with Crippen LogP contribution >= 0.6 is 0 Å². The zero-order valence-corrected chi connectivity index (χ0v) is 15.5. The molecular formula is C21H21N5O2. The molecule has 0 unspecified atom stereocenters. The molecular weight excluding hydrogens is 354 g/mol. The van der Waals surface area contributed by atoms with Gasteiger partial charge in [0, 0.05) is 30.8 Å². The molecule has 0 atom stereocenters. The number of anilines is 1.